The zero-order valence-corrected chi connectivity index (χ0v) is 10.2. The highest BCUT2D eigenvalue weighted by Gasteiger charge is 2.32. The zero-order chi connectivity index (χ0) is 12.2. The first-order valence-corrected chi connectivity index (χ1v) is 5.60. The average molecular weight is 220 g/mol. The summed E-state index contributed by atoms with van der Waals surface area (Å²) in [6.07, 6.45) is 0.938. The second-order valence-corrected chi connectivity index (χ2v) is 4.30. The Hall–Kier alpha value is -1.35. The molecule has 2 N–H and O–H groups in total. The maximum atomic E-state index is 12.2. The number of likely N-dealkylation sites (N-methyl/N-ethyl adjacent to an activating group) is 1. The fourth-order valence-corrected chi connectivity index (χ4v) is 1.74. The van der Waals surface area contributed by atoms with Crippen molar-refractivity contribution >= 4 is 5.91 Å². The molecular formula is C13H20N2O. The molecule has 0 radical (unpaired) electrons. The summed E-state index contributed by atoms with van der Waals surface area (Å²) in [7, 11) is 1.79. The molecule has 0 heterocycles. The van der Waals surface area contributed by atoms with Gasteiger partial charge in [0.05, 0.1) is 0 Å². The minimum atomic E-state index is -0.939. The number of amides is 1. The van der Waals surface area contributed by atoms with Crippen LogP contribution >= 0.6 is 0 Å². The summed E-state index contributed by atoms with van der Waals surface area (Å²) in [5.74, 6) is -0.0412. The van der Waals surface area contributed by atoms with E-state index in [0.29, 0.717) is 0 Å². The van der Waals surface area contributed by atoms with Gasteiger partial charge in [0.1, 0.15) is 5.54 Å². The molecule has 1 amide bonds. The summed E-state index contributed by atoms with van der Waals surface area (Å²) in [6, 6.07) is 9.48. The van der Waals surface area contributed by atoms with Crippen molar-refractivity contribution in [1.82, 2.24) is 4.90 Å². The number of hydrogen-bond acceptors (Lipinski definition) is 2. The van der Waals surface area contributed by atoms with E-state index in [1.165, 1.54) is 0 Å². The molecular weight excluding hydrogens is 200 g/mol. The van der Waals surface area contributed by atoms with E-state index in [9.17, 15) is 4.79 Å². The monoisotopic (exact) mass is 220 g/mol. The first-order valence-electron chi connectivity index (χ1n) is 5.60. The maximum absolute atomic E-state index is 12.2. The van der Waals surface area contributed by atoms with E-state index < -0.39 is 5.54 Å². The predicted molar refractivity (Wildman–Crippen MR) is 65.9 cm³/mol. The van der Waals surface area contributed by atoms with Gasteiger partial charge in [-0.1, -0.05) is 37.3 Å². The molecule has 16 heavy (non-hydrogen) atoms. The maximum Gasteiger partial charge on any atom is 0.246 e. The zero-order valence-electron chi connectivity index (χ0n) is 10.2. The van der Waals surface area contributed by atoms with Crippen LogP contribution in [0.25, 0.3) is 0 Å². The van der Waals surface area contributed by atoms with E-state index in [1.54, 1.807) is 18.9 Å². The normalized spacial score (nSPS) is 14.2. The Morgan fingerprint density at radius 3 is 2.44 bits per heavy atom. The van der Waals surface area contributed by atoms with Crippen molar-refractivity contribution < 1.29 is 4.79 Å². The van der Waals surface area contributed by atoms with Crippen molar-refractivity contribution in [3.05, 3.63) is 35.9 Å². The average Bonchev–Trinajstić information content (AvgIpc) is 2.29. The van der Waals surface area contributed by atoms with Gasteiger partial charge < -0.3 is 10.6 Å². The van der Waals surface area contributed by atoms with E-state index in [4.69, 9.17) is 5.73 Å². The van der Waals surface area contributed by atoms with E-state index in [0.717, 1.165) is 18.5 Å². The van der Waals surface area contributed by atoms with Gasteiger partial charge in [0.25, 0.3) is 0 Å². The first kappa shape index (κ1) is 12.7. The second kappa shape index (κ2) is 5.12. The molecule has 88 valence electrons. The highest BCUT2D eigenvalue weighted by Crippen LogP contribution is 2.19. The molecule has 0 aromatic heterocycles. The number of hydrogen-bond donors (Lipinski definition) is 1. The van der Waals surface area contributed by atoms with Gasteiger partial charge in [-0.15, -0.1) is 0 Å². The molecule has 1 aromatic rings. The molecule has 0 fully saturated rings. The van der Waals surface area contributed by atoms with Crippen molar-refractivity contribution in [3.8, 4) is 0 Å². The fourth-order valence-electron chi connectivity index (χ4n) is 1.74. The SMILES string of the molecule is CCCN(C)C(=O)[C@@](C)(N)c1ccccc1. The molecule has 1 rings (SSSR count). The summed E-state index contributed by atoms with van der Waals surface area (Å²) in [6.45, 7) is 4.54. The highest BCUT2D eigenvalue weighted by molar-refractivity contribution is 5.86. The van der Waals surface area contributed by atoms with Crippen molar-refractivity contribution in [2.45, 2.75) is 25.8 Å². The molecule has 0 aliphatic carbocycles. The van der Waals surface area contributed by atoms with E-state index >= 15 is 0 Å². The molecule has 0 spiro atoms. The van der Waals surface area contributed by atoms with Crippen LogP contribution in [0.15, 0.2) is 30.3 Å². The highest BCUT2D eigenvalue weighted by atomic mass is 16.2. The molecule has 3 heteroatoms. The Morgan fingerprint density at radius 1 is 1.38 bits per heavy atom. The Bertz CT molecular complexity index is 346. The van der Waals surface area contributed by atoms with Gasteiger partial charge in [-0.25, -0.2) is 0 Å². The Kier molecular flexibility index (Phi) is 4.07. The molecule has 0 saturated heterocycles. The lowest BCUT2D eigenvalue weighted by atomic mass is 9.92. The van der Waals surface area contributed by atoms with Crippen molar-refractivity contribution in [3.63, 3.8) is 0 Å². The van der Waals surface area contributed by atoms with Gasteiger partial charge in [0.2, 0.25) is 5.91 Å². The first-order chi connectivity index (χ1) is 7.50. The number of benzene rings is 1. The third-order valence-corrected chi connectivity index (χ3v) is 2.72. The lowest BCUT2D eigenvalue weighted by Gasteiger charge is -2.29. The van der Waals surface area contributed by atoms with Gasteiger partial charge in [0, 0.05) is 13.6 Å². The Labute approximate surface area is 97.2 Å². The summed E-state index contributed by atoms with van der Waals surface area (Å²) in [5.41, 5.74) is 6.03. The second-order valence-electron chi connectivity index (χ2n) is 4.30. The molecule has 0 saturated carbocycles. The summed E-state index contributed by atoms with van der Waals surface area (Å²) in [5, 5.41) is 0. The van der Waals surface area contributed by atoms with Gasteiger partial charge in [-0.05, 0) is 18.9 Å². The van der Waals surface area contributed by atoms with E-state index in [2.05, 4.69) is 0 Å². The molecule has 1 atom stereocenters. The van der Waals surface area contributed by atoms with Crippen LogP contribution in [0.1, 0.15) is 25.8 Å². The van der Waals surface area contributed by atoms with Gasteiger partial charge in [-0.2, -0.15) is 0 Å². The summed E-state index contributed by atoms with van der Waals surface area (Å²) >= 11 is 0. The van der Waals surface area contributed by atoms with Crippen LogP contribution < -0.4 is 5.73 Å². The number of carbonyl (C=O) groups is 1. The van der Waals surface area contributed by atoms with Gasteiger partial charge in [0.15, 0.2) is 0 Å². The van der Waals surface area contributed by atoms with Crippen LogP contribution in [0.3, 0.4) is 0 Å². The van der Waals surface area contributed by atoms with Crippen molar-refractivity contribution in [1.29, 1.82) is 0 Å². The number of nitrogens with two attached hydrogens (primary N) is 1. The Morgan fingerprint density at radius 2 is 1.94 bits per heavy atom. The third-order valence-electron chi connectivity index (χ3n) is 2.72. The smallest absolute Gasteiger partial charge is 0.246 e. The number of carbonyl (C=O) groups excluding carboxylic acids is 1. The lowest BCUT2D eigenvalue weighted by molar-refractivity contribution is -0.135. The molecule has 0 bridgehead atoms. The predicted octanol–water partition coefficient (Wildman–Crippen LogP) is 1.73. The van der Waals surface area contributed by atoms with Gasteiger partial charge >= 0.3 is 0 Å². The van der Waals surface area contributed by atoms with E-state index in [1.807, 2.05) is 37.3 Å². The van der Waals surface area contributed by atoms with Crippen LogP contribution in [0.2, 0.25) is 0 Å². The Balaban J connectivity index is 2.89. The number of nitrogens with zero attached hydrogens (tertiary/aromatic N) is 1. The third kappa shape index (κ3) is 2.61. The van der Waals surface area contributed by atoms with Crippen molar-refractivity contribution in [2.24, 2.45) is 5.73 Å². The van der Waals surface area contributed by atoms with E-state index in [-0.39, 0.29) is 5.91 Å². The molecule has 0 aliphatic rings. The molecule has 3 nitrogen and oxygen atoms in total. The van der Waals surface area contributed by atoms with Gasteiger partial charge in [-0.3, -0.25) is 4.79 Å². The molecule has 0 aliphatic heterocycles. The topological polar surface area (TPSA) is 46.3 Å². The molecule has 1 aromatic carbocycles. The summed E-state index contributed by atoms with van der Waals surface area (Å²) < 4.78 is 0. The minimum Gasteiger partial charge on any atom is -0.344 e. The van der Waals surface area contributed by atoms with Crippen LogP contribution in [-0.4, -0.2) is 24.4 Å². The lowest BCUT2D eigenvalue weighted by Crippen LogP contribution is -2.49. The largest absolute Gasteiger partial charge is 0.344 e. The van der Waals surface area contributed by atoms with Crippen LogP contribution in [-0.2, 0) is 10.3 Å². The fraction of sp³-hybridized carbons (Fsp3) is 0.462. The number of rotatable bonds is 4. The van der Waals surface area contributed by atoms with Crippen molar-refractivity contribution in [2.75, 3.05) is 13.6 Å². The molecule has 0 unspecified atom stereocenters. The van der Waals surface area contributed by atoms with Crippen LogP contribution in [0.4, 0.5) is 0 Å². The van der Waals surface area contributed by atoms with Crippen LogP contribution in [0.5, 0.6) is 0 Å². The minimum absolute atomic E-state index is 0.0412. The van der Waals surface area contributed by atoms with Crippen LogP contribution in [0, 0.1) is 0 Å². The summed E-state index contributed by atoms with van der Waals surface area (Å²) in [4.78, 5) is 13.8. The quantitative estimate of drug-likeness (QED) is 0.840. The standard InChI is InChI=1S/C13H20N2O/c1-4-10-15(3)12(16)13(2,14)11-8-6-5-7-9-11/h5-9H,4,10,14H2,1-3H3/t13-/m0/s1.